The fraction of sp³-hybridized carbons (Fsp3) is 0.105. The molecule has 0 radical (unpaired) electrons. The standard InChI is InChI=1S/C19H17ClN4O/c1-13-5-6-15(20)9-18(13)24-19(25)14-8-17(11-21-10-14)23-12-16-4-2-3-7-22-16/h2-11,23H,12H2,1H3,(H,24,25). The Morgan fingerprint density at radius 1 is 1.16 bits per heavy atom. The fourth-order valence-corrected chi connectivity index (χ4v) is 2.45. The van der Waals surface area contributed by atoms with Crippen LogP contribution in [0.5, 0.6) is 0 Å². The van der Waals surface area contributed by atoms with Gasteiger partial charge in [-0.25, -0.2) is 0 Å². The van der Waals surface area contributed by atoms with Crippen LogP contribution < -0.4 is 10.6 Å². The number of nitrogens with zero attached hydrogens (tertiary/aromatic N) is 2. The van der Waals surface area contributed by atoms with E-state index in [2.05, 4.69) is 20.6 Å². The largest absolute Gasteiger partial charge is 0.378 e. The highest BCUT2D eigenvalue weighted by Crippen LogP contribution is 2.21. The van der Waals surface area contributed by atoms with Crippen LogP contribution >= 0.6 is 11.6 Å². The summed E-state index contributed by atoms with van der Waals surface area (Å²) < 4.78 is 0. The predicted octanol–water partition coefficient (Wildman–Crippen LogP) is 4.30. The Hall–Kier alpha value is -2.92. The summed E-state index contributed by atoms with van der Waals surface area (Å²) in [5.41, 5.74) is 3.75. The summed E-state index contributed by atoms with van der Waals surface area (Å²) in [6.45, 7) is 2.47. The van der Waals surface area contributed by atoms with Gasteiger partial charge in [-0.1, -0.05) is 23.7 Å². The molecule has 0 fully saturated rings. The topological polar surface area (TPSA) is 66.9 Å². The maximum absolute atomic E-state index is 12.5. The van der Waals surface area contributed by atoms with E-state index in [-0.39, 0.29) is 5.91 Å². The van der Waals surface area contributed by atoms with Crippen LogP contribution in [0.4, 0.5) is 11.4 Å². The molecule has 0 bridgehead atoms. The highest BCUT2D eigenvalue weighted by Gasteiger charge is 2.09. The second-order valence-corrected chi connectivity index (χ2v) is 5.99. The summed E-state index contributed by atoms with van der Waals surface area (Å²) in [6.07, 6.45) is 4.94. The summed E-state index contributed by atoms with van der Waals surface area (Å²) in [6, 6.07) is 12.9. The van der Waals surface area contributed by atoms with Crippen LogP contribution in [0.2, 0.25) is 5.02 Å². The third kappa shape index (κ3) is 4.55. The number of aromatic nitrogens is 2. The van der Waals surface area contributed by atoms with E-state index >= 15 is 0 Å². The van der Waals surface area contributed by atoms with Crippen molar-refractivity contribution in [3.05, 3.63) is 82.9 Å². The van der Waals surface area contributed by atoms with Crippen molar-refractivity contribution in [2.75, 3.05) is 10.6 Å². The molecule has 0 aliphatic rings. The van der Waals surface area contributed by atoms with Gasteiger partial charge in [0.15, 0.2) is 0 Å². The van der Waals surface area contributed by atoms with Crippen LogP contribution in [0.15, 0.2) is 61.1 Å². The van der Waals surface area contributed by atoms with Gasteiger partial charge in [-0.15, -0.1) is 0 Å². The maximum atomic E-state index is 12.5. The molecule has 0 atom stereocenters. The minimum absolute atomic E-state index is 0.237. The van der Waals surface area contributed by atoms with Gasteiger partial charge in [0.25, 0.3) is 5.91 Å². The Balaban J connectivity index is 1.70. The van der Waals surface area contributed by atoms with Crippen LogP contribution in [0.25, 0.3) is 0 Å². The van der Waals surface area contributed by atoms with Gasteiger partial charge in [0.1, 0.15) is 0 Å². The van der Waals surface area contributed by atoms with Crippen LogP contribution in [0.3, 0.4) is 0 Å². The van der Waals surface area contributed by atoms with Gasteiger partial charge in [0, 0.05) is 29.3 Å². The minimum Gasteiger partial charge on any atom is -0.378 e. The third-order valence-electron chi connectivity index (χ3n) is 3.65. The molecule has 0 aliphatic carbocycles. The Kier molecular flexibility index (Phi) is 5.26. The number of benzene rings is 1. The summed E-state index contributed by atoms with van der Waals surface area (Å²) >= 11 is 5.99. The van der Waals surface area contributed by atoms with E-state index in [0.717, 1.165) is 16.9 Å². The molecule has 5 nitrogen and oxygen atoms in total. The quantitative estimate of drug-likeness (QED) is 0.718. The van der Waals surface area contributed by atoms with Crippen molar-refractivity contribution >= 4 is 28.9 Å². The van der Waals surface area contributed by atoms with Gasteiger partial charge in [0.05, 0.1) is 23.5 Å². The van der Waals surface area contributed by atoms with Crippen molar-refractivity contribution in [1.29, 1.82) is 0 Å². The van der Waals surface area contributed by atoms with E-state index in [4.69, 9.17) is 11.6 Å². The Morgan fingerprint density at radius 2 is 2.04 bits per heavy atom. The first-order valence-corrected chi connectivity index (χ1v) is 8.16. The molecule has 25 heavy (non-hydrogen) atoms. The van der Waals surface area contributed by atoms with Crippen molar-refractivity contribution in [2.24, 2.45) is 0 Å². The van der Waals surface area contributed by atoms with Crippen LogP contribution in [0, 0.1) is 6.92 Å². The molecular formula is C19H17ClN4O. The number of carbonyl (C=O) groups is 1. The Morgan fingerprint density at radius 3 is 2.84 bits per heavy atom. The molecule has 0 saturated heterocycles. The second kappa shape index (κ2) is 7.77. The Labute approximate surface area is 151 Å². The number of hydrogen-bond acceptors (Lipinski definition) is 4. The van der Waals surface area contributed by atoms with Gasteiger partial charge >= 0.3 is 0 Å². The average molecular weight is 353 g/mol. The van der Waals surface area contributed by atoms with Crippen molar-refractivity contribution in [2.45, 2.75) is 13.5 Å². The number of hydrogen-bond donors (Lipinski definition) is 2. The second-order valence-electron chi connectivity index (χ2n) is 5.55. The number of anilines is 2. The van der Waals surface area contributed by atoms with E-state index in [0.29, 0.717) is 22.8 Å². The molecule has 6 heteroatoms. The number of pyridine rings is 2. The molecule has 1 amide bonds. The van der Waals surface area contributed by atoms with Crippen molar-refractivity contribution in [1.82, 2.24) is 9.97 Å². The zero-order valence-corrected chi connectivity index (χ0v) is 14.4. The minimum atomic E-state index is -0.237. The molecule has 3 aromatic rings. The van der Waals surface area contributed by atoms with Gasteiger partial charge < -0.3 is 10.6 Å². The maximum Gasteiger partial charge on any atom is 0.257 e. The highest BCUT2D eigenvalue weighted by molar-refractivity contribution is 6.31. The molecule has 3 rings (SSSR count). The molecule has 0 saturated carbocycles. The number of nitrogens with one attached hydrogen (secondary N) is 2. The lowest BCUT2D eigenvalue weighted by molar-refractivity contribution is 0.102. The van der Waals surface area contributed by atoms with Crippen LogP contribution in [0.1, 0.15) is 21.6 Å². The lowest BCUT2D eigenvalue weighted by Gasteiger charge is -2.10. The van der Waals surface area contributed by atoms with E-state index in [1.165, 1.54) is 6.20 Å². The summed E-state index contributed by atoms with van der Waals surface area (Å²) in [5.74, 6) is -0.237. The molecule has 0 unspecified atom stereocenters. The first-order valence-electron chi connectivity index (χ1n) is 7.78. The van der Waals surface area contributed by atoms with Crippen LogP contribution in [-0.4, -0.2) is 15.9 Å². The molecule has 2 heterocycles. The summed E-state index contributed by atoms with van der Waals surface area (Å²) in [4.78, 5) is 20.8. The summed E-state index contributed by atoms with van der Waals surface area (Å²) in [7, 11) is 0. The van der Waals surface area contributed by atoms with Gasteiger partial charge in [0.2, 0.25) is 0 Å². The first-order chi connectivity index (χ1) is 12.1. The monoisotopic (exact) mass is 352 g/mol. The van der Waals surface area contributed by atoms with Gasteiger partial charge in [-0.05, 0) is 42.8 Å². The normalized spacial score (nSPS) is 10.3. The number of carbonyl (C=O) groups excluding carboxylic acids is 1. The van der Waals surface area contributed by atoms with Gasteiger partial charge in [-0.2, -0.15) is 0 Å². The van der Waals surface area contributed by atoms with Crippen molar-refractivity contribution in [3.63, 3.8) is 0 Å². The lowest BCUT2D eigenvalue weighted by atomic mass is 10.2. The number of aryl methyl sites for hydroxylation is 1. The smallest absolute Gasteiger partial charge is 0.257 e. The molecule has 0 aliphatic heterocycles. The molecular weight excluding hydrogens is 336 g/mol. The molecule has 126 valence electrons. The van der Waals surface area contributed by atoms with Crippen molar-refractivity contribution < 1.29 is 4.79 Å². The highest BCUT2D eigenvalue weighted by atomic mass is 35.5. The zero-order valence-electron chi connectivity index (χ0n) is 13.7. The molecule has 2 aromatic heterocycles. The Bertz CT molecular complexity index is 884. The van der Waals surface area contributed by atoms with E-state index < -0.39 is 0 Å². The predicted molar refractivity (Wildman–Crippen MR) is 99.9 cm³/mol. The number of amides is 1. The van der Waals surface area contributed by atoms with Crippen LogP contribution in [-0.2, 0) is 6.54 Å². The average Bonchev–Trinajstić information content (AvgIpc) is 2.64. The lowest BCUT2D eigenvalue weighted by Crippen LogP contribution is -2.13. The molecule has 0 spiro atoms. The summed E-state index contributed by atoms with van der Waals surface area (Å²) in [5, 5.41) is 6.65. The van der Waals surface area contributed by atoms with E-state index in [1.807, 2.05) is 31.2 Å². The number of rotatable bonds is 5. The number of halogens is 1. The van der Waals surface area contributed by atoms with Crippen molar-refractivity contribution in [3.8, 4) is 0 Å². The molecule has 1 aromatic carbocycles. The fourth-order valence-electron chi connectivity index (χ4n) is 2.28. The third-order valence-corrected chi connectivity index (χ3v) is 3.88. The van der Waals surface area contributed by atoms with E-state index in [9.17, 15) is 4.79 Å². The zero-order chi connectivity index (χ0) is 17.6. The first kappa shape index (κ1) is 16.9. The van der Waals surface area contributed by atoms with Gasteiger partial charge in [-0.3, -0.25) is 14.8 Å². The van der Waals surface area contributed by atoms with E-state index in [1.54, 1.807) is 30.6 Å². The molecule has 2 N–H and O–H groups in total. The SMILES string of the molecule is Cc1ccc(Cl)cc1NC(=O)c1cncc(NCc2ccccn2)c1.